The Morgan fingerprint density at radius 1 is 1.27 bits per heavy atom. The van der Waals surface area contributed by atoms with Gasteiger partial charge < -0.3 is 10.1 Å². The van der Waals surface area contributed by atoms with Gasteiger partial charge in [-0.2, -0.15) is 0 Å². The van der Waals surface area contributed by atoms with Gasteiger partial charge in [-0.15, -0.1) is 0 Å². The second kappa shape index (κ2) is 6.17. The van der Waals surface area contributed by atoms with Crippen molar-refractivity contribution < 1.29 is 19.1 Å². The van der Waals surface area contributed by atoms with Crippen LogP contribution in [0.4, 0.5) is 4.79 Å². The minimum atomic E-state index is -0.651. The van der Waals surface area contributed by atoms with Crippen LogP contribution in [0.25, 0.3) is 0 Å². The van der Waals surface area contributed by atoms with E-state index in [0.29, 0.717) is 12.3 Å². The van der Waals surface area contributed by atoms with Gasteiger partial charge in [0.1, 0.15) is 0 Å². The summed E-state index contributed by atoms with van der Waals surface area (Å²) in [5.74, 6) is 0.0635. The molecule has 1 N–H and O–H groups in total. The largest absolute Gasteiger partial charge is 0.439 e. The highest BCUT2D eigenvalue weighted by atomic mass is 16.6. The van der Waals surface area contributed by atoms with Gasteiger partial charge in [0.25, 0.3) is 5.91 Å². The maximum atomic E-state index is 12.1. The average molecular weight is 302 g/mol. The number of nitrogens with one attached hydrogen (secondary N) is 1. The molecule has 1 aliphatic heterocycles. The second-order valence-electron chi connectivity index (χ2n) is 5.74. The number of cyclic esters (lactones) is 1. The second-order valence-corrected chi connectivity index (χ2v) is 5.74. The molecule has 0 bridgehead atoms. The quantitative estimate of drug-likeness (QED) is 0.866. The number of hydrogen-bond acceptors (Lipinski definition) is 4. The fourth-order valence-electron chi connectivity index (χ4n) is 2.50. The molecule has 3 rings (SSSR count). The first-order valence-corrected chi connectivity index (χ1v) is 7.45. The van der Waals surface area contributed by atoms with Crippen LogP contribution >= 0.6 is 0 Å². The van der Waals surface area contributed by atoms with E-state index in [1.54, 1.807) is 0 Å². The number of carbonyl (C=O) groups is 3. The molecule has 0 radical (unpaired) electrons. The maximum Gasteiger partial charge on any atom is 0.417 e. The summed E-state index contributed by atoms with van der Waals surface area (Å²) in [6.45, 7) is -0.131. The Balaban J connectivity index is 1.72. The third-order valence-electron chi connectivity index (χ3n) is 3.91. The van der Waals surface area contributed by atoms with E-state index in [0.717, 1.165) is 23.3 Å². The smallest absolute Gasteiger partial charge is 0.417 e. The molecule has 1 unspecified atom stereocenters. The van der Waals surface area contributed by atoms with Gasteiger partial charge in [-0.05, 0) is 24.3 Å². The standard InChI is InChI=1S/C16H18N2O4/c19-14(8-11-6-7-11)17-13(12-4-2-1-3-5-12)9-18-15(20)10-22-16(18)21/h1-5,11,13H,6-10H2,(H,17,19). The first kappa shape index (κ1) is 14.6. The van der Waals surface area contributed by atoms with Crippen LogP contribution in [0.15, 0.2) is 30.3 Å². The number of ether oxygens (including phenoxy) is 1. The summed E-state index contributed by atoms with van der Waals surface area (Å²) >= 11 is 0. The van der Waals surface area contributed by atoms with Crippen LogP contribution in [-0.2, 0) is 14.3 Å². The highest BCUT2D eigenvalue weighted by molar-refractivity contribution is 5.97. The molecule has 2 fully saturated rings. The van der Waals surface area contributed by atoms with Gasteiger partial charge in [-0.1, -0.05) is 30.3 Å². The number of rotatable bonds is 6. The number of hydrogen-bond donors (Lipinski definition) is 1. The molecule has 6 heteroatoms. The summed E-state index contributed by atoms with van der Waals surface area (Å²) in [6, 6.07) is 8.92. The third kappa shape index (κ3) is 3.44. The van der Waals surface area contributed by atoms with Crippen LogP contribution in [0.2, 0.25) is 0 Å². The number of nitrogens with zero attached hydrogens (tertiary/aromatic N) is 1. The number of amides is 3. The molecule has 2 aliphatic rings. The van der Waals surface area contributed by atoms with E-state index in [9.17, 15) is 14.4 Å². The van der Waals surface area contributed by atoms with Gasteiger partial charge in [-0.25, -0.2) is 9.69 Å². The molecular formula is C16H18N2O4. The van der Waals surface area contributed by atoms with Crippen LogP contribution in [0, 0.1) is 5.92 Å². The Hall–Kier alpha value is -2.37. The summed E-state index contributed by atoms with van der Waals surface area (Å²) in [6.07, 6.45) is 2.05. The Bertz CT molecular complexity index is 567. The van der Waals surface area contributed by atoms with Crippen LogP contribution < -0.4 is 5.32 Å². The van der Waals surface area contributed by atoms with E-state index >= 15 is 0 Å². The van der Waals surface area contributed by atoms with Crippen molar-refractivity contribution in [2.24, 2.45) is 5.92 Å². The van der Waals surface area contributed by atoms with E-state index in [4.69, 9.17) is 4.74 Å². The summed E-state index contributed by atoms with van der Waals surface area (Å²) in [4.78, 5) is 36.4. The van der Waals surface area contributed by atoms with Crippen LogP contribution in [0.5, 0.6) is 0 Å². The van der Waals surface area contributed by atoms with Gasteiger partial charge in [0.2, 0.25) is 5.91 Å². The van der Waals surface area contributed by atoms with Crippen molar-refractivity contribution in [1.82, 2.24) is 10.2 Å². The molecule has 1 atom stereocenters. The lowest BCUT2D eigenvalue weighted by atomic mass is 10.1. The van der Waals surface area contributed by atoms with Crippen molar-refractivity contribution >= 4 is 17.9 Å². The molecule has 22 heavy (non-hydrogen) atoms. The lowest BCUT2D eigenvalue weighted by molar-refractivity contribution is -0.127. The van der Waals surface area contributed by atoms with E-state index in [2.05, 4.69) is 5.32 Å². The monoisotopic (exact) mass is 302 g/mol. The first-order chi connectivity index (χ1) is 10.6. The highest BCUT2D eigenvalue weighted by Crippen LogP contribution is 2.32. The van der Waals surface area contributed by atoms with E-state index < -0.39 is 12.1 Å². The topological polar surface area (TPSA) is 75.7 Å². The van der Waals surface area contributed by atoms with Gasteiger partial charge >= 0.3 is 6.09 Å². The van der Waals surface area contributed by atoms with Crippen molar-refractivity contribution in [1.29, 1.82) is 0 Å². The van der Waals surface area contributed by atoms with Crippen molar-refractivity contribution in [3.8, 4) is 0 Å². The van der Waals surface area contributed by atoms with Gasteiger partial charge in [0.15, 0.2) is 6.61 Å². The summed E-state index contributed by atoms with van der Waals surface area (Å²) in [5, 5.41) is 2.93. The maximum absolute atomic E-state index is 12.1. The SMILES string of the molecule is O=C(CC1CC1)NC(CN1C(=O)COC1=O)c1ccccc1. The van der Waals surface area contributed by atoms with E-state index in [1.807, 2.05) is 30.3 Å². The molecule has 116 valence electrons. The lowest BCUT2D eigenvalue weighted by Crippen LogP contribution is -2.40. The summed E-state index contributed by atoms with van der Waals surface area (Å²) < 4.78 is 4.72. The van der Waals surface area contributed by atoms with Gasteiger partial charge in [-0.3, -0.25) is 9.59 Å². The third-order valence-corrected chi connectivity index (χ3v) is 3.91. The number of benzene rings is 1. The molecule has 1 aromatic carbocycles. The Labute approximate surface area is 128 Å². The zero-order valence-electron chi connectivity index (χ0n) is 12.2. The predicted octanol–water partition coefficient (Wildman–Crippen LogP) is 1.62. The molecule has 0 spiro atoms. The molecule has 1 saturated carbocycles. The average Bonchev–Trinajstić information content (AvgIpc) is 3.27. The summed E-state index contributed by atoms with van der Waals surface area (Å²) in [5.41, 5.74) is 0.860. The lowest BCUT2D eigenvalue weighted by Gasteiger charge is -2.22. The minimum Gasteiger partial charge on any atom is -0.439 e. The predicted molar refractivity (Wildman–Crippen MR) is 77.7 cm³/mol. The van der Waals surface area contributed by atoms with Crippen molar-refractivity contribution in [3.05, 3.63) is 35.9 Å². The highest BCUT2D eigenvalue weighted by Gasteiger charge is 2.34. The zero-order chi connectivity index (χ0) is 15.5. The Morgan fingerprint density at radius 3 is 2.59 bits per heavy atom. The molecule has 0 aromatic heterocycles. The Kier molecular flexibility index (Phi) is 4.09. The van der Waals surface area contributed by atoms with E-state index in [1.165, 1.54) is 0 Å². The molecular weight excluding hydrogens is 284 g/mol. The van der Waals surface area contributed by atoms with Gasteiger partial charge in [0, 0.05) is 6.42 Å². The minimum absolute atomic E-state index is 0.0450. The van der Waals surface area contributed by atoms with Crippen molar-refractivity contribution in [2.45, 2.75) is 25.3 Å². The number of carbonyl (C=O) groups excluding carboxylic acids is 3. The number of imide groups is 1. The Morgan fingerprint density at radius 2 is 2.00 bits per heavy atom. The van der Waals surface area contributed by atoms with Crippen LogP contribution in [0.3, 0.4) is 0 Å². The van der Waals surface area contributed by atoms with Crippen molar-refractivity contribution in [2.75, 3.05) is 13.2 Å². The molecule has 3 amide bonds. The van der Waals surface area contributed by atoms with Crippen LogP contribution in [-0.4, -0.2) is 36.0 Å². The van der Waals surface area contributed by atoms with Crippen molar-refractivity contribution in [3.63, 3.8) is 0 Å². The molecule has 1 heterocycles. The first-order valence-electron chi connectivity index (χ1n) is 7.45. The molecule has 1 aliphatic carbocycles. The normalized spacial score (nSPS) is 19.0. The molecule has 1 saturated heterocycles. The van der Waals surface area contributed by atoms with Crippen LogP contribution in [0.1, 0.15) is 30.9 Å². The summed E-state index contributed by atoms with van der Waals surface area (Å²) in [7, 11) is 0. The fraction of sp³-hybridized carbons (Fsp3) is 0.438. The molecule has 6 nitrogen and oxygen atoms in total. The fourth-order valence-corrected chi connectivity index (χ4v) is 2.50. The van der Waals surface area contributed by atoms with Gasteiger partial charge in [0.05, 0.1) is 12.6 Å². The van der Waals surface area contributed by atoms with E-state index in [-0.39, 0.29) is 25.0 Å². The zero-order valence-corrected chi connectivity index (χ0v) is 12.2. The molecule has 1 aromatic rings.